The lowest BCUT2D eigenvalue weighted by atomic mass is 10.1. The second-order valence-electron chi connectivity index (χ2n) is 4.99. The molecule has 1 atom stereocenters. The van der Waals surface area contributed by atoms with E-state index in [1.165, 1.54) is 6.39 Å². The van der Waals surface area contributed by atoms with Gasteiger partial charge in [0.05, 0.1) is 6.20 Å². The molecule has 1 aromatic carbocycles. The average molecular weight is 271 g/mol. The van der Waals surface area contributed by atoms with Gasteiger partial charge in [-0.3, -0.25) is 4.79 Å². The second-order valence-corrected chi connectivity index (χ2v) is 4.99. The molecule has 1 aromatic heterocycles. The van der Waals surface area contributed by atoms with Crippen molar-refractivity contribution >= 4 is 5.91 Å². The molecule has 1 aliphatic heterocycles. The summed E-state index contributed by atoms with van der Waals surface area (Å²) >= 11 is 0. The highest BCUT2D eigenvalue weighted by Crippen LogP contribution is 2.20. The third-order valence-electron chi connectivity index (χ3n) is 3.61. The zero-order chi connectivity index (χ0) is 13.9. The van der Waals surface area contributed by atoms with Crippen molar-refractivity contribution < 1.29 is 9.21 Å². The highest BCUT2D eigenvalue weighted by molar-refractivity contribution is 5.95. The predicted molar refractivity (Wildman–Crippen MR) is 75.3 cm³/mol. The fourth-order valence-corrected chi connectivity index (χ4v) is 2.44. The summed E-state index contributed by atoms with van der Waals surface area (Å²) < 4.78 is 5.24. The van der Waals surface area contributed by atoms with E-state index >= 15 is 0 Å². The number of nitrogens with one attached hydrogen (secondary N) is 1. The Morgan fingerprint density at radius 2 is 2.20 bits per heavy atom. The number of carbonyl (C=O) groups is 1. The molecule has 1 N–H and O–H groups in total. The maximum Gasteiger partial charge on any atom is 0.254 e. The quantitative estimate of drug-likeness (QED) is 0.904. The minimum atomic E-state index is 0.0862. The Kier molecular flexibility index (Phi) is 3.52. The minimum absolute atomic E-state index is 0.0862. The summed E-state index contributed by atoms with van der Waals surface area (Å²) in [5.41, 5.74) is 1.63. The van der Waals surface area contributed by atoms with E-state index in [4.69, 9.17) is 4.42 Å². The van der Waals surface area contributed by atoms with Crippen LogP contribution in [0.3, 0.4) is 0 Å². The first-order chi connectivity index (χ1) is 9.75. The molecule has 2 heterocycles. The monoisotopic (exact) mass is 271 g/mol. The van der Waals surface area contributed by atoms with Gasteiger partial charge in [-0.2, -0.15) is 0 Å². The molecule has 0 bridgehead atoms. The molecule has 0 radical (unpaired) electrons. The Balaban J connectivity index is 1.78. The average Bonchev–Trinajstić information content (AvgIpc) is 3.01. The number of amides is 1. The highest BCUT2D eigenvalue weighted by atomic mass is 16.3. The lowest BCUT2D eigenvalue weighted by Crippen LogP contribution is -2.52. The minimum Gasteiger partial charge on any atom is -0.444 e. The van der Waals surface area contributed by atoms with Gasteiger partial charge in [-0.25, -0.2) is 4.98 Å². The molecule has 104 valence electrons. The van der Waals surface area contributed by atoms with Crippen molar-refractivity contribution in [3.63, 3.8) is 0 Å². The molecular weight excluding hydrogens is 254 g/mol. The third kappa shape index (κ3) is 2.44. The maximum atomic E-state index is 12.5. The van der Waals surface area contributed by atoms with E-state index in [0.29, 0.717) is 11.3 Å². The lowest BCUT2D eigenvalue weighted by molar-refractivity contribution is 0.0656. The van der Waals surface area contributed by atoms with E-state index in [2.05, 4.69) is 17.2 Å². The van der Waals surface area contributed by atoms with Gasteiger partial charge in [0, 0.05) is 36.8 Å². The highest BCUT2D eigenvalue weighted by Gasteiger charge is 2.23. The zero-order valence-electron chi connectivity index (χ0n) is 11.4. The number of benzene rings is 1. The first-order valence-corrected chi connectivity index (χ1v) is 6.76. The van der Waals surface area contributed by atoms with Crippen LogP contribution in [0.5, 0.6) is 0 Å². The molecule has 5 heteroatoms. The molecule has 0 spiro atoms. The van der Waals surface area contributed by atoms with Crippen LogP contribution < -0.4 is 5.32 Å². The number of oxazole rings is 1. The molecule has 5 nitrogen and oxygen atoms in total. The topological polar surface area (TPSA) is 58.4 Å². The maximum absolute atomic E-state index is 12.5. The summed E-state index contributed by atoms with van der Waals surface area (Å²) in [7, 11) is 0. The first-order valence-electron chi connectivity index (χ1n) is 6.76. The summed E-state index contributed by atoms with van der Waals surface area (Å²) in [6, 6.07) is 7.69. The Morgan fingerprint density at radius 3 is 2.85 bits per heavy atom. The summed E-state index contributed by atoms with van der Waals surface area (Å²) in [4.78, 5) is 18.3. The van der Waals surface area contributed by atoms with Gasteiger partial charge in [0.15, 0.2) is 12.2 Å². The van der Waals surface area contributed by atoms with Crippen molar-refractivity contribution in [3.05, 3.63) is 42.4 Å². The van der Waals surface area contributed by atoms with Crippen molar-refractivity contribution in [2.24, 2.45) is 0 Å². The molecule has 1 amide bonds. The van der Waals surface area contributed by atoms with Crippen LogP contribution in [0.1, 0.15) is 17.3 Å². The summed E-state index contributed by atoms with van der Waals surface area (Å²) in [5.74, 6) is 0.794. The fraction of sp³-hybridized carbons (Fsp3) is 0.333. The Labute approximate surface area is 117 Å². The van der Waals surface area contributed by atoms with Crippen LogP contribution in [0.2, 0.25) is 0 Å². The molecule has 20 heavy (non-hydrogen) atoms. The number of nitrogens with zero attached hydrogens (tertiary/aromatic N) is 2. The second kappa shape index (κ2) is 5.46. The van der Waals surface area contributed by atoms with Crippen molar-refractivity contribution in [1.29, 1.82) is 0 Å². The van der Waals surface area contributed by atoms with Crippen molar-refractivity contribution in [3.8, 4) is 11.3 Å². The summed E-state index contributed by atoms with van der Waals surface area (Å²) in [6.07, 6.45) is 3.06. The van der Waals surface area contributed by atoms with Crippen LogP contribution in [0, 0.1) is 0 Å². The lowest BCUT2D eigenvalue weighted by Gasteiger charge is -2.34. The number of aromatic nitrogens is 1. The van der Waals surface area contributed by atoms with Crippen LogP contribution in [0.15, 0.2) is 41.3 Å². The molecule has 2 aromatic rings. The van der Waals surface area contributed by atoms with Gasteiger partial charge in [0.25, 0.3) is 5.91 Å². The smallest absolute Gasteiger partial charge is 0.254 e. The number of hydrogen-bond acceptors (Lipinski definition) is 4. The SMILES string of the molecule is C[C@H]1CNCCN1C(=O)c1ccc(-c2cnco2)cc1. The number of hydrogen-bond donors (Lipinski definition) is 1. The third-order valence-corrected chi connectivity index (χ3v) is 3.61. The summed E-state index contributed by atoms with van der Waals surface area (Å²) in [6.45, 7) is 4.52. The van der Waals surface area contributed by atoms with Gasteiger partial charge >= 0.3 is 0 Å². The number of rotatable bonds is 2. The van der Waals surface area contributed by atoms with Gasteiger partial charge in [0.1, 0.15) is 0 Å². The van der Waals surface area contributed by atoms with Crippen LogP contribution in [-0.2, 0) is 0 Å². The molecule has 0 saturated carbocycles. The molecule has 3 rings (SSSR count). The van der Waals surface area contributed by atoms with Crippen LogP contribution in [0.25, 0.3) is 11.3 Å². The van der Waals surface area contributed by atoms with Gasteiger partial charge in [0.2, 0.25) is 0 Å². The Bertz CT molecular complexity index is 578. The van der Waals surface area contributed by atoms with E-state index < -0.39 is 0 Å². The molecule has 1 aliphatic rings. The fourth-order valence-electron chi connectivity index (χ4n) is 2.44. The normalized spacial score (nSPS) is 19.1. The van der Waals surface area contributed by atoms with Gasteiger partial charge in [-0.1, -0.05) is 12.1 Å². The van der Waals surface area contributed by atoms with Crippen LogP contribution >= 0.6 is 0 Å². The van der Waals surface area contributed by atoms with Crippen molar-refractivity contribution in [2.75, 3.05) is 19.6 Å². The summed E-state index contributed by atoms with van der Waals surface area (Å²) in [5, 5.41) is 3.29. The molecule has 0 unspecified atom stereocenters. The zero-order valence-corrected chi connectivity index (χ0v) is 11.4. The van der Waals surface area contributed by atoms with Crippen molar-refractivity contribution in [1.82, 2.24) is 15.2 Å². The van der Waals surface area contributed by atoms with E-state index in [1.807, 2.05) is 29.2 Å². The van der Waals surface area contributed by atoms with E-state index in [1.54, 1.807) is 6.20 Å². The molecular formula is C15H17N3O2. The Hall–Kier alpha value is -2.14. The number of piperazine rings is 1. The van der Waals surface area contributed by atoms with E-state index in [0.717, 1.165) is 25.2 Å². The first kappa shape index (κ1) is 12.9. The van der Waals surface area contributed by atoms with Gasteiger partial charge in [-0.15, -0.1) is 0 Å². The number of carbonyl (C=O) groups excluding carboxylic acids is 1. The predicted octanol–water partition coefficient (Wildman–Crippen LogP) is 1.78. The van der Waals surface area contributed by atoms with Gasteiger partial charge < -0.3 is 14.6 Å². The molecule has 1 saturated heterocycles. The van der Waals surface area contributed by atoms with Crippen LogP contribution in [0.4, 0.5) is 0 Å². The van der Waals surface area contributed by atoms with E-state index in [-0.39, 0.29) is 11.9 Å². The van der Waals surface area contributed by atoms with Gasteiger partial charge in [-0.05, 0) is 19.1 Å². The molecule has 0 aliphatic carbocycles. The van der Waals surface area contributed by atoms with Crippen LogP contribution in [-0.4, -0.2) is 41.5 Å². The standard InChI is InChI=1S/C15H17N3O2/c1-11-8-16-6-7-18(11)15(19)13-4-2-12(3-5-13)14-9-17-10-20-14/h2-5,9-11,16H,6-8H2,1H3/t11-/m0/s1. The Morgan fingerprint density at radius 1 is 1.40 bits per heavy atom. The van der Waals surface area contributed by atoms with Crippen molar-refractivity contribution in [2.45, 2.75) is 13.0 Å². The largest absolute Gasteiger partial charge is 0.444 e. The molecule has 1 fully saturated rings. The van der Waals surface area contributed by atoms with E-state index in [9.17, 15) is 4.79 Å².